The summed E-state index contributed by atoms with van der Waals surface area (Å²) in [5, 5.41) is 9.92. The van der Waals surface area contributed by atoms with Gasteiger partial charge in [0.1, 0.15) is 5.75 Å². The van der Waals surface area contributed by atoms with Crippen LogP contribution in [0, 0.1) is 0 Å². The summed E-state index contributed by atoms with van der Waals surface area (Å²) in [6, 6.07) is 1.72. The highest BCUT2D eigenvalue weighted by Gasteiger charge is 2.22. The molecule has 1 aromatic carbocycles. The molecule has 0 aliphatic rings. The Labute approximate surface area is 108 Å². The van der Waals surface area contributed by atoms with Gasteiger partial charge in [-0.15, -0.1) is 6.58 Å². The molecule has 0 bridgehead atoms. The van der Waals surface area contributed by atoms with Crippen molar-refractivity contribution in [1.29, 1.82) is 0 Å². The highest BCUT2D eigenvalue weighted by molar-refractivity contribution is 5.58. The van der Waals surface area contributed by atoms with Gasteiger partial charge in [-0.2, -0.15) is 0 Å². The number of aliphatic hydroxyl groups excluding tert-OH is 1. The minimum Gasteiger partial charge on any atom is -0.496 e. The first-order valence-corrected chi connectivity index (χ1v) is 5.71. The van der Waals surface area contributed by atoms with E-state index in [0.717, 1.165) is 5.56 Å². The van der Waals surface area contributed by atoms with Gasteiger partial charge in [-0.1, -0.05) is 6.08 Å². The van der Waals surface area contributed by atoms with Crippen LogP contribution in [0.3, 0.4) is 0 Å². The Hall–Kier alpha value is -1.68. The van der Waals surface area contributed by atoms with Gasteiger partial charge in [0, 0.05) is 17.2 Å². The van der Waals surface area contributed by atoms with Gasteiger partial charge in [0.2, 0.25) is 0 Å². The summed E-state index contributed by atoms with van der Waals surface area (Å²) in [5.74, 6) is 1.77. The normalized spacial score (nSPS) is 11.8. The van der Waals surface area contributed by atoms with Crippen LogP contribution in [0.15, 0.2) is 18.7 Å². The average Bonchev–Trinajstić information content (AvgIpc) is 2.37. The minimum atomic E-state index is -0.658. The topological polar surface area (TPSA) is 47.9 Å². The van der Waals surface area contributed by atoms with Gasteiger partial charge in [0.15, 0.2) is 11.5 Å². The van der Waals surface area contributed by atoms with Crippen molar-refractivity contribution in [2.24, 2.45) is 0 Å². The Morgan fingerprint density at radius 2 is 1.83 bits per heavy atom. The lowest BCUT2D eigenvalue weighted by molar-refractivity contribution is 0.192. The van der Waals surface area contributed by atoms with Gasteiger partial charge >= 0.3 is 0 Å². The molecule has 1 aromatic rings. The van der Waals surface area contributed by atoms with Crippen molar-refractivity contribution in [2.45, 2.75) is 19.4 Å². The number of ether oxygens (including phenoxy) is 3. The number of aliphatic hydroxyl groups is 1. The fourth-order valence-electron chi connectivity index (χ4n) is 2.03. The Balaban J connectivity index is 3.59. The Morgan fingerprint density at radius 3 is 2.22 bits per heavy atom. The third-order valence-corrected chi connectivity index (χ3v) is 2.76. The van der Waals surface area contributed by atoms with Crippen molar-refractivity contribution in [3.8, 4) is 17.2 Å². The van der Waals surface area contributed by atoms with Crippen molar-refractivity contribution >= 4 is 0 Å². The molecule has 4 heteroatoms. The second-order valence-corrected chi connectivity index (χ2v) is 3.88. The molecule has 1 atom stereocenters. The van der Waals surface area contributed by atoms with E-state index in [1.807, 2.05) is 0 Å². The summed E-state index contributed by atoms with van der Waals surface area (Å²) in [5.41, 5.74) is 1.54. The van der Waals surface area contributed by atoms with Gasteiger partial charge in [-0.3, -0.25) is 0 Å². The summed E-state index contributed by atoms with van der Waals surface area (Å²) < 4.78 is 16.0. The molecule has 0 amide bonds. The van der Waals surface area contributed by atoms with E-state index in [1.54, 1.807) is 40.4 Å². The number of allylic oxidation sites excluding steroid dienone is 1. The van der Waals surface area contributed by atoms with E-state index in [0.29, 0.717) is 29.2 Å². The number of hydrogen-bond donors (Lipinski definition) is 1. The molecule has 18 heavy (non-hydrogen) atoms. The molecule has 100 valence electrons. The van der Waals surface area contributed by atoms with Crippen LogP contribution in [-0.2, 0) is 6.42 Å². The molecule has 0 fully saturated rings. The Kier molecular flexibility index (Phi) is 5.04. The minimum absolute atomic E-state index is 0.566. The highest BCUT2D eigenvalue weighted by Crippen LogP contribution is 2.42. The predicted octanol–water partition coefficient (Wildman–Crippen LogP) is 2.49. The van der Waals surface area contributed by atoms with Crippen LogP contribution in [0.5, 0.6) is 17.2 Å². The lowest BCUT2D eigenvalue weighted by Gasteiger charge is -2.20. The molecule has 0 heterocycles. The molecule has 1 N–H and O–H groups in total. The summed E-state index contributed by atoms with van der Waals surface area (Å²) >= 11 is 0. The van der Waals surface area contributed by atoms with E-state index >= 15 is 0 Å². The van der Waals surface area contributed by atoms with Crippen LogP contribution in [0.25, 0.3) is 0 Å². The molecular formula is C14H20O4. The van der Waals surface area contributed by atoms with Crippen molar-refractivity contribution in [2.75, 3.05) is 21.3 Å². The second kappa shape index (κ2) is 6.31. The van der Waals surface area contributed by atoms with Gasteiger partial charge < -0.3 is 19.3 Å². The van der Waals surface area contributed by atoms with Crippen LogP contribution in [0.2, 0.25) is 0 Å². The third-order valence-electron chi connectivity index (χ3n) is 2.76. The highest BCUT2D eigenvalue weighted by atomic mass is 16.5. The maximum atomic E-state index is 9.92. The largest absolute Gasteiger partial charge is 0.496 e. The van der Waals surface area contributed by atoms with E-state index in [9.17, 15) is 5.11 Å². The van der Waals surface area contributed by atoms with Crippen molar-refractivity contribution in [1.82, 2.24) is 0 Å². The van der Waals surface area contributed by atoms with Gasteiger partial charge in [0.25, 0.3) is 0 Å². The summed E-state index contributed by atoms with van der Waals surface area (Å²) in [7, 11) is 4.70. The van der Waals surface area contributed by atoms with Gasteiger partial charge in [-0.05, 0) is 13.3 Å². The van der Waals surface area contributed by atoms with Crippen LogP contribution >= 0.6 is 0 Å². The van der Waals surface area contributed by atoms with Gasteiger partial charge in [-0.25, -0.2) is 0 Å². The number of rotatable bonds is 6. The van der Waals surface area contributed by atoms with Crippen molar-refractivity contribution in [3.63, 3.8) is 0 Å². The molecule has 0 saturated carbocycles. The first-order valence-electron chi connectivity index (χ1n) is 5.71. The van der Waals surface area contributed by atoms with E-state index in [4.69, 9.17) is 14.2 Å². The van der Waals surface area contributed by atoms with E-state index in [2.05, 4.69) is 6.58 Å². The van der Waals surface area contributed by atoms with E-state index in [-0.39, 0.29) is 0 Å². The lowest BCUT2D eigenvalue weighted by Crippen LogP contribution is -2.06. The zero-order valence-corrected chi connectivity index (χ0v) is 11.3. The first-order chi connectivity index (χ1) is 8.60. The van der Waals surface area contributed by atoms with Crippen molar-refractivity contribution < 1.29 is 19.3 Å². The van der Waals surface area contributed by atoms with Crippen LogP contribution in [0.1, 0.15) is 24.2 Å². The molecular weight excluding hydrogens is 232 g/mol. The Bertz CT molecular complexity index is 424. The fraction of sp³-hybridized carbons (Fsp3) is 0.429. The number of hydrogen-bond acceptors (Lipinski definition) is 4. The van der Waals surface area contributed by atoms with Crippen LogP contribution < -0.4 is 14.2 Å². The van der Waals surface area contributed by atoms with Crippen LogP contribution in [-0.4, -0.2) is 26.4 Å². The predicted molar refractivity (Wildman–Crippen MR) is 70.6 cm³/mol. The molecule has 0 radical (unpaired) electrons. The zero-order chi connectivity index (χ0) is 13.7. The molecule has 0 aliphatic heterocycles. The van der Waals surface area contributed by atoms with E-state index < -0.39 is 6.10 Å². The molecule has 0 aromatic heterocycles. The molecule has 1 unspecified atom stereocenters. The standard InChI is InChI=1S/C14H20O4/c1-6-7-10-13(9(2)15)11(16-3)8-12(17-4)14(10)18-5/h6,8-9,15H,1,7H2,2-5H3. The third kappa shape index (κ3) is 2.59. The number of methoxy groups -OCH3 is 3. The molecule has 1 rings (SSSR count). The van der Waals surface area contributed by atoms with Crippen molar-refractivity contribution in [3.05, 3.63) is 29.8 Å². The second-order valence-electron chi connectivity index (χ2n) is 3.88. The molecule has 0 spiro atoms. The number of benzene rings is 1. The molecule has 0 saturated heterocycles. The molecule has 4 nitrogen and oxygen atoms in total. The Morgan fingerprint density at radius 1 is 1.22 bits per heavy atom. The maximum Gasteiger partial charge on any atom is 0.164 e. The fourth-order valence-corrected chi connectivity index (χ4v) is 2.03. The summed E-state index contributed by atoms with van der Waals surface area (Å²) in [6.07, 6.45) is 1.66. The first kappa shape index (κ1) is 14.4. The zero-order valence-electron chi connectivity index (χ0n) is 11.3. The molecule has 0 aliphatic carbocycles. The maximum absolute atomic E-state index is 9.92. The van der Waals surface area contributed by atoms with E-state index in [1.165, 1.54) is 0 Å². The SMILES string of the molecule is C=CCc1c(OC)c(OC)cc(OC)c1C(C)O. The lowest BCUT2D eigenvalue weighted by atomic mass is 9.97. The van der Waals surface area contributed by atoms with Gasteiger partial charge in [0.05, 0.1) is 27.4 Å². The average molecular weight is 252 g/mol. The summed E-state index contributed by atoms with van der Waals surface area (Å²) in [4.78, 5) is 0. The monoisotopic (exact) mass is 252 g/mol. The smallest absolute Gasteiger partial charge is 0.164 e. The van der Waals surface area contributed by atoms with Crippen LogP contribution in [0.4, 0.5) is 0 Å². The quantitative estimate of drug-likeness (QED) is 0.790. The summed E-state index contributed by atoms with van der Waals surface area (Å²) in [6.45, 7) is 5.41.